The Balaban J connectivity index is 1.32. The van der Waals surface area contributed by atoms with E-state index in [0.717, 1.165) is 41.0 Å². The van der Waals surface area contributed by atoms with E-state index in [0.29, 0.717) is 11.3 Å². The number of fused-ring (bicyclic) bond motifs is 1. The van der Waals surface area contributed by atoms with Gasteiger partial charge in [0.15, 0.2) is 0 Å². The first-order chi connectivity index (χ1) is 15.6. The Bertz CT molecular complexity index is 1250. The number of nitrogens with zero attached hydrogens (tertiary/aromatic N) is 1. The first kappa shape index (κ1) is 20.3. The van der Waals surface area contributed by atoms with Gasteiger partial charge in [-0.15, -0.1) is 0 Å². The van der Waals surface area contributed by atoms with Crippen molar-refractivity contribution in [3.05, 3.63) is 89.0 Å². The van der Waals surface area contributed by atoms with Gasteiger partial charge in [-0.2, -0.15) is 5.26 Å². The second kappa shape index (κ2) is 8.48. The molecule has 0 radical (unpaired) electrons. The van der Waals surface area contributed by atoms with E-state index in [1.165, 1.54) is 0 Å². The Morgan fingerprint density at radius 1 is 1.03 bits per heavy atom. The lowest BCUT2D eigenvalue weighted by Gasteiger charge is -2.17. The fourth-order valence-corrected chi connectivity index (χ4v) is 5.35. The van der Waals surface area contributed by atoms with Crippen LogP contribution in [0, 0.1) is 11.3 Å². The number of nitrogens with one attached hydrogen (secondary N) is 1. The Labute approximate surface area is 188 Å². The zero-order valence-electron chi connectivity index (χ0n) is 17.1. The Kier molecular flexibility index (Phi) is 5.38. The number of amides is 1. The Hall–Kier alpha value is -3.63. The molecule has 1 fully saturated rings. The minimum atomic E-state index is -1.38. The molecule has 0 aromatic heterocycles. The third kappa shape index (κ3) is 3.97. The van der Waals surface area contributed by atoms with E-state index in [1.807, 2.05) is 42.5 Å². The van der Waals surface area contributed by atoms with Gasteiger partial charge in [0.1, 0.15) is 34.3 Å². The van der Waals surface area contributed by atoms with Crippen molar-refractivity contribution in [2.45, 2.75) is 30.6 Å². The lowest BCUT2D eigenvalue weighted by atomic mass is 10.1. The molecule has 3 aromatic rings. The molecule has 160 valence electrons. The summed E-state index contributed by atoms with van der Waals surface area (Å²) in [7, 11) is -1.38. The van der Waals surface area contributed by atoms with Gasteiger partial charge in [-0.05, 0) is 60.4 Å². The van der Waals surface area contributed by atoms with Crippen molar-refractivity contribution in [2.75, 3.05) is 0 Å². The molecule has 7 heteroatoms. The Morgan fingerprint density at radius 3 is 2.59 bits per heavy atom. The quantitative estimate of drug-likeness (QED) is 0.619. The van der Waals surface area contributed by atoms with Crippen LogP contribution in [-0.2, 0) is 22.2 Å². The van der Waals surface area contributed by atoms with Gasteiger partial charge in [0.05, 0.1) is 16.9 Å². The van der Waals surface area contributed by atoms with Crippen molar-refractivity contribution in [1.29, 1.82) is 5.26 Å². The van der Waals surface area contributed by atoms with Crippen LogP contribution < -0.4 is 14.2 Å². The van der Waals surface area contributed by atoms with Crippen molar-refractivity contribution in [3.8, 4) is 23.3 Å². The van der Waals surface area contributed by atoms with E-state index in [9.17, 15) is 9.00 Å². The number of carbonyl (C=O) groups excluding carboxylic acids is 1. The fourth-order valence-electron chi connectivity index (χ4n) is 4.19. The second-order valence-corrected chi connectivity index (χ2v) is 9.16. The number of nitriles is 1. The van der Waals surface area contributed by atoms with Gasteiger partial charge in [-0.1, -0.05) is 30.3 Å². The van der Waals surface area contributed by atoms with Crippen LogP contribution >= 0.6 is 0 Å². The first-order valence-corrected chi connectivity index (χ1v) is 11.6. The summed E-state index contributed by atoms with van der Waals surface area (Å²) in [6, 6.07) is 22.7. The molecule has 2 unspecified atom stereocenters. The summed E-state index contributed by atoms with van der Waals surface area (Å²) in [5, 5.41) is 8.79. The summed E-state index contributed by atoms with van der Waals surface area (Å²) in [4.78, 5) is 11.5. The maximum atomic E-state index is 12.0. The van der Waals surface area contributed by atoms with Crippen LogP contribution in [0.25, 0.3) is 0 Å². The number of carbonyl (C=O) groups is 1. The van der Waals surface area contributed by atoms with Crippen molar-refractivity contribution >= 4 is 16.9 Å². The highest BCUT2D eigenvalue weighted by Gasteiger charge is 2.31. The average Bonchev–Trinajstić information content (AvgIpc) is 3.37. The van der Waals surface area contributed by atoms with Crippen molar-refractivity contribution in [3.63, 3.8) is 0 Å². The fraction of sp³-hybridized carbons (Fsp3) is 0.200. The van der Waals surface area contributed by atoms with E-state index in [1.54, 1.807) is 18.2 Å². The largest absolute Gasteiger partial charge is 0.486 e. The molecule has 6 nitrogen and oxygen atoms in total. The van der Waals surface area contributed by atoms with Gasteiger partial charge in [-0.25, -0.2) is 4.21 Å². The number of rotatable bonds is 5. The predicted molar refractivity (Wildman–Crippen MR) is 119 cm³/mol. The monoisotopic (exact) mass is 444 g/mol. The summed E-state index contributed by atoms with van der Waals surface area (Å²) in [5.74, 6) is 1.95. The van der Waals surface area contributed by atoms with Crippen LogP contribution in [0.4, 0.5) is 0 Å². The smallest absolute Gasteiger partial charge is 0.233 e. The molecule has 1 heterocycles. The molecule has 3 aromatic carbocycles. The highest BCUT2D eigenvalue weighted by molar-refractivity contribution is 7.84. The highest BCUT2D eigenvalue weighted by atomic mass is 32.2. The molecule has 3 atom stereocenters. The molecule has 1 N–H and O–H groups in total. The zero-order valence-corrected chi connectivity index (χ0v) is 17.9. The summed E-state index contributed by atoms with van der Waals surface area (Å²) >= 11 is 0. The van der Waals surface area contributed by atoms with Gasteiger partial charge in [0.25, 0.3) is 0 Å². The molecule has 0 spiro atoms. The molecule has 1 saturated heterocycles. The molecule has 5 rings (SSSR count). The van der Waals surface area contributed by atoms with Crippen LogP contribution in [0.2, 0.25) is 0 Å². The van der Waals surface area contributed by atoms with Gasteiger partial charge in [0, 0.05) is 12.0 Å². The van der Waals surface area contributed by atoms with Gasteiger partial charge in [-0.3, -0.25) is 9.52 Å². The number of benzene rings is 3. The normalized spacial score (nSPS) is 21.5. The average molecular weight is 445 g/mol. The maximum Gasteiger partial charge on any atom is 0.233 e. The van der Waals surface area contributed by atoms with Gasteiger partial charge >= 0.3 is 0 Å². The summed E-state index contributed by atoms with van der Waals surface area (Å²) < 4.78 is 26.8. The molecule has 2 aliphatic rings. The molecule has 1 aliphatic heterocycles. The number of ether oxygens (including phenoxy) is 2. The van der Waals surface area contributed by atoms with E-state index < -0.39 is 11.0 Å². The standard InChI is InChI=1S/C25H20N2O4S/c26-15-16-3-1-4-19(13-16)31-22-6-2-5-20-21(22)11-12-23(20)30-18-9-7-17(8-10-18)24-14-25(28)27-32(24)29/h1-10,13,23-24H,11-12,14H2,(H,27,28)/t23-,24?,32?/m1/s1. The Morgan fingerprint density at radius 2 is 1.84 bits per heavy atom. The first-order valence-electron chi connectivity index (χ1n) is 10.4. The van der Waals surface area contributed by atoms with E-state index in [4.69, 9.17) is 14.7 Å². The van der Waals surface area contributed by atoms with E-state index in [-0.39, 0.29) is 23.7 Å². The van der Waals surface area contributed by atoms with Crippen LogP contribution in [-0.4, -0.2) is 10.1 Å². The molecule has 0 bridgehead atoms. The molecular weight excluding hydrogens is 424 g/mol. The SMILES string of the molecule is N#Cc1cccc(Oc2cccc3c2CC[C@H]3Oc2ccc(C3CC(=O)NS3=O)cc2)c1. The number of hydrogen-bond donors (Lipinski definition) is 1. The minimum Gasteiger partial charge on any atom is -0.486 e. The van der Waals surface area contributed by atoms with E-state index in [2.05, 4.69) is 16.9 Å². The van der Waals surface area contributed by atoms with Crippen molar-refractivity contribution in [1.82, 2.24) is 4.72 Å². The van der Waals surface area contributed by atoms with Crippen LogP contribution in [0.5, 0.6) is 17.2 Å². The second-order valence-electron chi connectivity index (χ2n) is 7.80. The lowest BCUT2D eigenvalue weighted by Crippen LogP contribution is -2.15. The predicted octanol–water partition coefficient (Wildman–Crippen LogP) is 4.64. The lowest BCUT2D eigenvalue weighted by molar-refractivity contribution is -0.118. The maximum absolute atomic E-state index is 12.0. The van der Waals surface area contributed by atoms with Crippen molar-refractivity contribution < 1.29 is 18.5 Å². The van der Waals surface area contributed by atoms with Crippen LogP contribution in [0.15, 0.2) is 66.7 Å². The van der Waals surface area contributed by atoms with Crippen LogP contribution in [0.1, 0.15) is 46.4 Å². The molecule has 1 amide bonds. The number of hydrogen-bond acceptors (Lipinski definition) is 5. The topological polar surface area (TPSA) is 88.4 Å². The third-order valence-electron chi connectivity index (χ3n) is 5.74. The van der Waals surface area contributed by atoms with Gasteiger partial charge < -0.3 is 9.47 Å². The van der Waals surface area contributed by atoms with Gasteiger partial charge in [0.2, 0.25) is 5.91 Å². The summed E-state index contributed by atoms with van der Waals surface area (Å²) in [6.45, 7) is 0. The van der Waals surface area contributed by atoms with E-state index >= 15 is 0 Å². The highest BCUT2D eigenvalue weighted by Crippen LogP contribution is 2.41. The third-order valence-corrected chi connectivity index (χ3v) is 7.12. The molecule has 1 aliphatic carbocycles. The minimum absolute atomic E-state index is 0.0892. The molecule has 32 heavy (non-hydrogen) atoms. The molecule has 0 saturated carbocycles. The van der Waals surface area contributed by atoms with Crippen molar-refractivity contribution in [2.24, 2.45) is 0 Å². The zero-order chi connectivity index (χ0) is 22.1. The van der Waals surface area contributed by atoms with Crippen LogP contribution in [0.3, 0.4) is 0 Å². The molecular formula is C25H20N2O4S. The summed E-state index contributed by atoms with van der Waals surface area (Å²) in [6.07, 6.45) is 1.82. The summed E-state index contributed by atoms with van der Waals surface area (Å²) in [5.41, 5.74) is 3.62.